The van der Waals surface area contributed by atoms with Gasteiger partial charge in [0.05, 0.1) is 39.6 Å². The number of hydrogen-bond donors (Lipinski definition) is 0. The minimum absolute atomic E-state index is 0.381. The summed E-state index contributed by atoms with van der Waals surface area (Å²) in [6.45, 7) is 3.39. The van der Waals surface area contributed by atoms with Crippen molar-refractivity contribution in [2.24, 2.45) is 0 Å². The average Bonchev–Trinajstić information content (AvgIpc) is 3.29. The molecule has 0 saturated heterocycles. The van der Waals surface area contributed by atoms with Gasteiger partial charge in [0.25, 0.3) is 0 Å². The van der Waals surface area contributed by atoms with E-state index < -0.39 is 0 Å². The molecule has 6 aromatic carbocycles. The lowest BCUT2D eigenvalue weighted by molar-refractivity contribution is 0.319. The molecule has 316 valence electrons. The summed E-state index contributed by atoms with van der Waals surface area (Å²) in [6, 6.07) is 47.5. The zero-order valence-electron chi connectivity index (χ0n) is 35.8. The molecule has 0 fully saturated rings. The van der Waals surface area contributed by atoms with Crippen LogP contribution in [0.3, 0.4) is 0 Å². The van der Waals surface area contributed by atoms with Crippen molar-refractivity contribution >= 4 is 21.9 Å². The highest BCUT2D eigenvalue weighted by Crippen LogP contribution is 2.34. The quantitative estimate of drug-likeness (QED) is 0.0984. The van der Waals surface area contributed by atoms with Crippen molar-refractivity contribution in [3.63, 3.8) is 0 Å². The molecule has 0 aliphatic heterocycles. The van der Waals surface area contributed by atoms with E-state index in [0.717, 1.165) is 48.1 Å². The van der Waals surface area contributed by atoms with Crippen LogP contribution in [0.4, 0.5) is 0 Å². The molecule has 8 rings (SSSR count). The van der Waals surface area contributed by atoms with E-state index in [0.29, 0.717) is 45.3 Å². The van der Waals surface area contributed by atoms with Gasteiger partial charge in [-0.1, -0.05) is 109 Å². The summed E-state index contributed by atoms with van der Waals surface area (Å²) in [4.78, 5) is 29.7. The van der Waals surface area contributed by atoms with Gasteiger partial charge in [0.1, 0.15) is 11.2 Å². The summed E-state index contributed by atoms with van der Waals surface area (Å²) in [5, 5.41) is 1.55. The fourth-order valence-electron chi connectivity index (χ4n) is 7.40. The van der Waals surface area contributed by atoms with Gasteiger partial charge in [0, 0.05) is 49.1 Å². The third-order valence-corrected chi connectivity index (χ3v) is 10.5. The number of hydrogen-bond acceptors (Lipinski definition) is 10. The molecule has 2 heterocycles. The molecule has 10 heteroatoms. The molecule has 0 amide bonds. The summed E-state index contributed by atoms with van der Waals surface area (Å²) in [5.41, 5.74) is 7.76. The van der Waals surface area contributed by atoms with Gasteiger partial charge in [0.15, 0.2) is 23.0 Å². The highest BCUT2D eigenvalue weighted by Gasteiger charge is 2.15. The first-order valence-electron chi connectivity index (χ1n) is 20.2. The highest BCUT2D eigenvalue weighted by atomic mass is 16.5. The van der Waals surface area contributed by atoms with Crippen molar-refractivity contribution in [3.05, 3.63) is 189 Å². The van der Waals surface area contributed by atoms with E-state index in [9.17, 15) is 9.59 Å². The summed E-state index contributed by atoms with van der Waals surface area (Å²) in [5.74, 6) is 2.22. The Hall–Kier alpha value is -7.14. The molecule has 0 bridgehead atoms. The summed E-state index contributed by atoms with van der Waals surface area (Å²) >= 11 is 0. The van der Waals surface area contributed by atoms with Gasteiger partial charge in [0.2, 0.25) is 0 Å². The molecule has 0 N–H and O–H groups in total. The fourth-order valence-corrected chi connectivity index (χ4v) is 7.40. The maximum absolute atomic E-state index is 12.6. The molecule has 8 aromatic rings. The summed E-state index contributed by atoms with van der Waals surface area (Å²) in [6.07, 6.45) is 0. The second-order valence-electron chi connectivity index (χ2n) is 15.1. The second-order valence-corrected chi connectivity index (χ2v) is 15.1. The van der Waals surface area contributed by atoms with Crippen molar-refractivity contribution in [2.75, 3.05) is 42.5 Å². The van der Waals surface area contributed by atoms with Crippen LogP contribution in [0.15, 0.2) is 164 Å². The summed E-state index contributed by atoms with van der Waals surface area (Å²) < 4.78 is 32.4. The first-order chi connectivity index (χ1) is 30.1. The maximum Gasteiger partial charge on any atom is 0.344 e. The minimum atomic E-state index is -0.381. The zero-order chi connectivity index (χ0) is 43.6. The normalized spacial score (nSPS) is 11.1. The Kier molecular flexibility index (Phi) is 13.8. The van der Waals surface area contributed by atoms with Crippen LogP contribution in [-0.4, -0.2) is 52.3 Å². The van der Waals surface area contributed by atoms with Gasteiger partial charge in [-0.2, -0.15) is 0 Å². The van der Waals surface area contributed by atoms with Crippen LogP contribution >= 0.6 is 0 Å². The topological polar surface area (TPSA) is 104 Å². The van der Waals surface area contributed by atoms with E-state index in [-0.39, 0.29) is 11.3 Å². The molecule has 10 nitrogen and oxygen atoms in total. The number of methoxy groups -OCH3 is 4. The molecule has 0 aliphatic carbocycles. The molecular formula is C52H50N2O8. The molecule has 0 radical (unpaired) electrons. The number of ether oxygens (including phenoxy) is 4. The first kappa shape index (κ1) is 43.0. The lowest BCUT2D eigenvalue weighted by Crippen LogP contribution is -2.17. The Morgan fingerprint density at radius 1 is 0.403 bits per heavy atom. The Morgan fingerprint density at radius 3 is 1.03 bits per heavy atom. The van der Waals surface area contributed by atoms with Crippen molar-refractivity contribution in [1.29, 1.82) is 0 Å². The summed E-state index contributed by atoms with van der Waals surface area (Å²) in [7, 11) is 10.5. The zero-order valence-corrected chi connectivity index (χ0v) is 35.8. The Labute approximate surface area is 361 Å². The molecule has 0 spiro atoms. The van der Waals surface area contributed by atoms with Gasteiger partial charge in [-0.3, -0.25) is 9.80 Å². The van der Waals surface area contributed by atoms with Crippen LogP contribution < -0.4 is 30.2 Å². The third-order valence-electron chi connectivity index (χ3n) is 10.5. The van der Waals surface area contributed by atoms with Crippen LogP contribution in [0, 0.1) is 0 Å². The Balaban J connectivity index is 0.000000186. The predicted molar refractivity (Wildman–Crippen MR) is 245 cm³/mol. The smallest absolute Gasteiger partial charge is 0.344 e. The molecular weight excluding hydrogens is 781 g/mol. The molecule has 2 aromatic heterocycles. The lowest BCUT2D eigenvalue weighted by atomic mass is 10.0. The van der Waals surface area contributed by atoms with E-state index >= 15 is 0 Å². The van der Waals surface area contributed by atoms with Gasteiger partial charge in [-0.25, -0.2) is 9.59 Å². The largest absolute Gasteiger partial charge is 0.493 e. The van der Waals surface area contributed by atoms with Gasteiger partial charge >= 0.3 is 11.3 Å². The Morgan fingerprint density at radius 2 is 0.710 bits per heavy atom. The van der Waals surface area contributed by atoms with Gasteiger partial charge < -0.3 is 27.8 Å². The van der Waals surface area contributed by atoms with Gasteiger partial charge in [-0.15, -0.1) is 0 Å². The first-order valence-corrected chi connectivity index (χ1v) is 20.2. The van der Waals surface area contributed by atoms with E-state index in [4.69, 9.17) is 27.8 Å². The monoisotopic (exact) mass is 830 g/mol. The molecule has 62 heavy (non-hydrogen) atoms. The van der Waals surface area contributed by atoms with Crippen LogP contribution in [0.25, 0.3) is 44.2 Å². The number of rotatable bonds is 14. The number of fused-ring (bicyclic) bond motifs is 2. The Bertz CT molecular complexity index is 2660. The van der Waals surface area contributed by atoms with E-state index in [1.165, 1.54) is 22.3 Å². The van der Waals surface area contributed by atoms with Crippen molar-refractivity contribution in [2.45, 2.75) is 26.2 Å². The van der Waals surface area contributed by atoms with Crippen LogP contribution in [0.2, 0.25) is 0 Å². The molecule has 0 saturated carbocycles. The van der Waals surface area contributed by atoms with Crippen molar-refractivity contribution in [1.82, 2.24) is 9.80 Å². The second kappa shape index (κ2) is 19.9. The van der Waals surface area contributed by atoms with Gasteiger partial charge in [-0.05, 0) is 71.7 Å². The average molecular weight is 831 g/mol. The van der Waals surface area contributed by atoms with Crippen LogP contribution in [-0.2, 0) is 26.2 Å². The van der Waals surface area contributed by atoms with Crippen LogP contribution in [0.1, 0.15) is 22.3 Å². The standard InChI is InChI=1S/2C26H25NO4/c2*1-27(16-18-7-5-4-6-8-18)17-19-9-11-20(12-10-19)22-13-21-14-24(29-2)25(30-3)15-23(21)31-26(22)28/h2*4-15H,16-17H2,1-3H3. The SMILES string of the molecule is COc1cc2cc(-c3ccc(CN(C)Cc4ccccc4)cc3)c(=O)oc2cc1OC.COc1cc2cc(-c3ccc(CN(C)Cc4ccccc4)cc3)c(=O)oc2cc1OC. The molecule has 0 unspecified atom stereocenters. The minimum Gasteiger partial charge on any atom is -0.493 e. The molecule has 0 atom stereocenters. The predicted octanol–water partition coefficient (Wildman–Crippen LogP) is 10.2. The van der Waals surface area contributed by atoms with Crippen LogP contribution in [0.5, 0.6) is 23.0 Å². The van der Waals surface area contributed by atoms with E-state index in [1.54, 1.807) is 40.6 Å². The van der Waals surface area contributed by atoms with E-state index in [2.05, 4.69) is 96.7 Å². The number of benzene rings is 6. The number of nitrogens with zero attached hydrogens (tertiary/aromatic N) is 2. The molecule has 0 aliphatic rings. The third kappa shape index (κ3) is 10.4. The maximum atomic E-state index is 12.6. The fraction of sp³-hybridized carbons (Fsp3) is 0.192. The highest BCUT2D eigenvalue weighted by molar-refractivity contribution is 5.86. The van der Waals surface area contributed by atoms with E-state index in [1.807, 2.05) is 60.7 Å². The van der Waals surface area contributed by atoms with Crippen molar-refractivity contribution in [3.8, 4) is 45.3 Å². The van der Waals surface area contributed by atoms with Crippen molar-refractivity contribution < 1.29 is 27.8 Å². The lowest BCUT2D eigenvalue weighted by Gasteiger charge is -2.17.